The normalized spacial score (nSPS) is 14.2. The molecule has 2 unspecified atom stereocenters. The maximum atomic E-state index is 10.7. The molecule has 15 heavy (non-hydrogen) atoms. The van der Waals surface area contributed by atoms with Crippen LogP contribution in [0.15, 0.2) is 43.0 Å². The molecule has 0 radical (unpaired) electrons. The molecule has 0 heterocycles. The van der Waals surface area contributed by atoms with E-state index < -0.39 is 12.0 Å². The van der Waals surface area contributed by atoms with Gasteiger partial charge in [0.25, 0.3) is 0 Å². The number of nitrogens with one attached hydrogen (secondary N) is 1. The van der Waals surface area contributed by atoms with Crippen LogP contribution in [0.2, 0.25) is 0 Å². The summed E-state index contributed by atoms with van der Waals surface area (Å²) in [7, 11) is 0. The van der Waals surface area contributed by atoms with Gasteiger partial charge in [-0.1, -0.05) is 36.4 Å². The standard InChI is InChI=1S/C12H15NO2/c1-3-11(13-9(2)12(14)15)10-7-5-4-6-8-10/h3-9,11,13H,1H2,2H3,(H,14,15). The number of benzene rings is 1. The van der Waals surface area contributed by atoms with Gasteiger partial charge in [0.05, 0.1) is 6.04 Å². The first kappa shape index (κ1) is 11.5. The molecule has 0 saturated carbocycles. The average Bonchev–Trinajstić information content (AvgIpc) is 2.26. The van der Waals surface area contributed by atoms with Crippen molar-refractivity contribution in [3.63, 3.8) is 0 Å². The van der Waals surface area contributed by atoms with Gasteiger partial charge in [-0.15, -0.1) is 6.58 Å². The molecule has 3 heteroatoms. The highest BCUT2D eigenvalue weighted by molar-refractivity contribution is 5.72. The second-order valence-corrected chi connectivity index (χ2v) is 3.35. The van der Waals surface area contributed by atoms with E-state index in [1.54, 1.807) is 13.0 Å². The lowest BCUT2D eigenvalue weighted by atomic mass is 10.1. The van der Waals surface area contributed by atoms with Gasteiger partial charge in [0.1, 0.15) is 6.04 Å². The molecule has 0 amide bonds. The minimum atomic E-state index is -0.863. The molecule has 2 atom stereocenters. The summed E-state index contributed by atoms with van der Waals surface area (Å²) in [6, 6.07) is 8.91. The Kier molecular flexibility index (Phi) is 4.06. The van der Waals surface area contributed by atoms with E-state index in [0.717, 1.165) is 5.56 Å². The topological polar surface area (TPSA) is 49.3 Å². The van der Waals surface area contributed by atoms with Gasteiger partial charge in [-0.25, -0.2) is 0 Å². The molecule has 1 aromatic carbocycles. The third-order valence-electron chi connectivity index (χ3n) is 2.19. The van der Waals surface area contributed by atoms with E-state index in [9.17, 15) is 4.79 Å². The lowest BCUT2D eigenvalue weighted by Crippen LogP contribution is -2.35. The maximum Gasteiger partial charge on any atom is 0.320 e. The van der Waals surface area contributed by atoms with Gasteiger partial charge in [0.2, 0.25) is 0 Å². The number of hydrogen-bond donors (Lipinski definition) is 2. The summed E-state index contributed by atoms with van der Waals surface area (Å²) < 4.78 is 0. The van der Waals surface area contributed by atoms with Crippen LogP contribution in [0.4, 0.5) is 0 Å². The molecule has 0 spiro atoms. The van der Waals surface area contributed by atoms with Crippen molar-refractivity contribution in [2.75, 3.05) is 0 Å². The average molecular weight is 205 g/mol. The van der Waals surface area contributed by atoms with E-state index in [2.05, 4.69) is 11.9 Å². The number of carboxylic acids is 1. The summed E-state index contributed by atoms with van der Waals surface area (Å²) in [5.74, 6) is -0.863. The van der Waals surface area contributed by atoms with Crippen molar-refractivity contribution in [3.8, 4) is 0 Å². The highest BCUT2D eigenvalue weighted by Gasteiger charge is 2.15. The van der Waals surface area contributed by atoms with Crippen molar-refractivity contribution in [2.24, 2.45) is 0 Å². The molecule has 0 fully saturated rings. The fourth-order valence-electron chi connectivity index (χ4n) is 1.30. The van der Waals surface area contributed by atoms with E-state index in [1.165, 1.54) is 0 Å². The van der Waals surface area contributed by atoms with Crippen molar-refractivity contribution < 1.29 is 9.90 Å². The Bertz CT molecular complexity index is 335. The third-order valence-corrected chi connectivity index (χ3v) is 2.19. The van der Waals surface area contributed by atoms with E-state index in [1.807, 2.05) is 30.3 Å². The van der Waals surface area contributed by atoms with Crippen LogP contribution in [0.25, 0.3) is 0 Å². The number of rotatable bonds is 5. The molecule has 0 aromatic heterocycles. The fraction of sp³-hybridized carbons (Fsp3) is 0.250. The van der Waals surface area contributed by atoms with Gasteiger partial charge in [-0.2, -0.15) is 0 Å². The third kappa shape index (κ3) is 3.22. The second-order valence-electron chi connectivity index (χ2n) is 3.35. The van der Waals surface area contributed by atoms with Crippen LogP contribution in [-0.2, 0) is 4.79 Å². The van der Waals surface area contributed by atoms with Gasteiger partial charge in [-0.3, -0.25) is 10.1 Å². The molecule has 0 aliphatic carbocycles. The van der Waals surface area contributed by atoms with Crippen molar-refractivity contribution >= 4 is 5.97 Å². The number of aliphatic carboxylic acids is 1. The summed E-state index contributed by atoms with van der Waals surface area (Å²) in [6.45, 7) is 5.31. The maximum absolute atomic E-state index is 10.7. The Morgan fingerprint density at radius 3 is 2.53 bits per heavy atom. The number of carboxylic acid groups (broad SMARTS) is 1. The molecule has 0 bridgehead atoms. The van der Waals surface area contributed by atoms with Crippen LogP contribution in [0.3, 0.4) is 0 Å². The fourth-order valence-corrected chi connectivity index (χ4v) is 1.30. The zero-order valence-corrected chi connectivity index (χ0v) is 8.68. The zero-order valence-electron chi connectivity index (χ0n) is 8.68. The number of carbonyl (C=O) groups is 1. The van der Waals surface area contributed by atoms with E-state index in [4.69, 9.17) is 5.11 Å². The summed E-state index contributed by atoms with van der Waals surface area (Å²) in [5.41, 5.74) is 1.01. The van der Waals surface area contributed by atoms with Crippen LogP contribution in [-0.4, -0.2) is 17.1 Å². The lowest BCUT2D eigenvalue weighted by molar-refractivity contribution is -0.139. The Labute approximate surface area is 89.4 Å². The number of hydrogen-bond acceptors (Lipinski definition) is 2. The van der Waals surface area contributed by atoms with Crippen molar-refractivity contribution in [2.45, 2.75) is 19.0 Å². The summed E-state index contributed by atoms with van der Waals surface area (Å²) in [6.07, 6.45) is 1.70. The van der Waals surface area contributed by atoms with Crippen LogP contribution < -0.4 is 5.32 Å². The zero-order chi connectivity index (χ0) is 11.3. The Morgan fingerprint density at radius 2 is 2.07 bits per heavy atom. The SMILES string of the molecule is C=CC(NC(C)C(=O)O)c1ccccc1. The first-order valence-corrected chi connectivity index (χ1v) is 4.81. The Morgan fingerprint density at radius 1 is 1.47 bits per heavy atom. The van der Waals surface area contributed by atoms with E-state index in [0.29, 0.717) is 0 Å². The molecule has 80 valence electrons. The van der Waals surface area contributed by atoms with Crippen molar-refractivity contribution in [1.29, 1.82) is 0 Å². The van der Waals surface area contributed by atoms with Gasteiger partial charge in [0, 0.05) is 0 Å². The molecule has 3 nitrogen and oxygen atoms in total. The molecule has 0 aliphatic rings. The van der Waals surface area contributed by atoms with Crippen LogP contribution in [0.5, 0.6) is 0 Å². The summed E-state index contributed by atoms with van der Waals surface area (Å²) >= 11 is 0. The molecule has 0 saturated heterocycles. The largest absolute Gasteiger partial charge is 0.480 e. The minimum Gasteiger partial charge on any atom is -0.480 e. The summed E-state index contributed by atoms with van der Waals surface area (Å²) in [5, 5.41) is 11.7. The molecule has 1 aromatic rings. The Hall–Kier alpha value is -1.61. The molecular weight excluding hydrogens is 190 g/mol. The van der Waals surface area contributed by atoms with Gasteiger partial charge in [0.15, 0.2) is 0 Å². The molecule has 2 N–H and O–H groups in total. The lowest BCUT2D eigenvalue weighted by Gasteiger charge is -2.18. The molecule has 0 aliphatic heterocycles. The van der Waals surface area contributed by atoms with Crippen molar-refractivity contribution in [3.05, 3.63) is 48.6 Å². The molecule has 1 rings (SSSR count). The van der Waals surface area contributed by atoms with Gasteiger partial charge < -0.3 is 5.11 Å². The van der Waals surface area contributed by atoms with E-state index >= 15 is 0 Å². The Balaban J connectivity index is 2.73. The molecular formula is C12H15NO2. The highest BCUT2D eigenvalue weighted by atomic mass is 16.4. The van der Waals surface area contributed by atoms with Gasteiger partial charge >= 0.3 is 5.97 Å². The van der Waals surface area contributed by atoms with Crippen LogP contribution >= 0.6 is 0 Å². The van der Waals surface area contributed by atoms with Crippen LogP contribution in [0.1, 0.15) is 18.5 Å². The predicted molar refractivity (Wildman–Crippen MR) is 59.6 cm³/mol. The van der Waals surface area contributed by atoms with Gasteiger partial charge in [-0.05, 0) is 12.5 Å². The van der Waals surface area contributed by atoms with Crippen LogP contribution in [0, 0.1) is 0 Å². The first-order chi connectivity index (χ1) is 7.15. The monoisotopic (exact) mass is 205 g/mol. The predicted octanol–water partition coefficient (Wildman–Crippen LogP) is 1.98. The van der Waals surface area contributed by atoms with E-state index in [-0.39, 0.29) is 6.04 Å². The first-order valence-electron chi connectivity index (χ1n) is 4.81. The smallest absolute Gasteiger partial charge is 0.320 e. The van der Waals surface area contributed by atoms with Crippen molar-refractivity contribution in [1.82, 2.24) is 5.32 Å². The highest BCUT2D eigenvalue weighted by Crippen LogP contribution is 2.13. The quantitative estimate of drug-likeness (QED) is 0.722. The minimum absolute atomic E-state index is 0.128. The summed E-state index contributed by atoms with van der Waals surface area (Å²) in [4.78, 5) is 10.7. The second kappa shape index (κ2) is 5.32.